The Morgan fingerprint density at radius 1 is 1.29 bits per heavy atom. The smallest absolute Gasteiger partial charge is 0.165 e. The lowest BCUT2D eigenvalue weighted by atomic mass is 10.0. The van der Waals surface area contributed by atoms with Gasteiger partial charge in [0.15, 0.2) is 17.3 Å². The van der Waals surface area contributed by atoms with Crippen molar-refractivity contribution in [2.75, 3.05) is 21.2 Å². The fourth-order valence-corrected chi connectivity index (χ4v) is 1.77. The van der Waals surface area contributed by atoms with E-state index in [1.807, 2.05) is 0 Å². The molecule has 0 radical (unpaired) electrons. The number of likely N-dealkylation sites (N-methyl/N-ethyl adjacent to an activating group) is 1. The number of rotatable bonds is 4. The summed E-state index contributed by atoms with van der Waals surface area (Å²) in [5.41, 5.74) is 0.0146. The normalized spacial score (nSPS) is 12.6. The number of hydrogen-bond donors (Lipinski definition) is 0. The zero-order valence-corrected chi connectivity index (χ0v) is 10.3. The second-order valence-electron chi connectivity index (χ2n) is 3.99. The van der Waals surface area contributed by atoms with Crippen LogP contribution in [0, 0.1) is 11.6 Å². The highest BCUT2D eigenvalue weighted by Crippen LogP contribution is 2.28. The van der Waals surface area contributed by atoms with Gasteiger partial charge >= 0.3 is 0 Å². The lowest BCUT2D eigenvalue weighted by Crippen LogP contribution is -2.27. The van der Waals surface area contributed by atoms with Gasteiger partial charge in [-0.1, -0.05) is 0 Å². The molecule has 17 heavy (non-hydrogen) atoms. The summed E-state index contributed by atoms with van der Waals surface area (Å²) >= 11 is 0. The number of hydrogen-bond acceptors (Lipinski definition) is 3. The van der Waals surface area contributed by atoms with Gasteiger partial charge in [-0.15, -0.1) is 0 Å². The van der Waals surface area contributed by atoms with Crippen LogP contribution in [-0.4, -0.2) is 31.9 Å². The van der Waals surface area contributed by atoms with Crippen LogP contribution in [0.5, 0.6) is 5.75 Å². The maximum absolute atomic E-state index is 13.8. The van der Waals surface area contributed by atoms with Gasteiger partial charge in [-0.25, -0.2) is 8.78 Å². The topological polar surface area (TPSA) is 29.5 Å². The molecule has 3 nitrogen and oxygen atoms in total. The number of ketones is 1. The minimum absolute atomic E-state index is 0.0146. The van der Waals surface area contributed by atoms with E-state index in [-0.39, 0.29) is 17.1 Å². The molecule has 1 rings (SSSR count). The Bertz CT molecular complexity index is 433. The number of nitrogens with zero attached hydrogens (tertiary/aromatic N) is 1. The van der Waals surface area contributed by atoms with E-state index in [4.69, 9.17) is 0 Å². The Balaban J connectivity index is 3.30. The number of carbonyl (C=O) groups is 1. The van der Waals surface area contributed by atoms with Crippen molar-refractivity contribution in [1.82, 2.24) is 4.90 Å². The molecular weight excluding hydrogens is 228 g/mol. The van der Waals surface area contributed by atoms with Crippen molar-refractivity contribution in [3.8, 4) is 5.75 Å². The summed E-state index contributed by atoms with van der Waals surface area (Å²) in [7, 11) is 4.52. The van der Waals surface area contributed by atoms with Crippen LogP contribution in [0.4, 0.5) is 8.78 Å². The van der Waals surface area contributed by atoms with Crippen LogP contribution >= 0.6 is 0 Å². The predicted molar refractivity (Wildman–Crippen MR) is 60.0 cm³/mol. The Morgan fingerprint density at radius 2 is 1.88 bits per heavy atom. The fourth-order valence-electron chi connectivity index (χ4n) is 1.77. The van der Waals surface area contributed by atoms with Crippen LogP contribution in [0.3, 0.4) is 0 Å². The zero-order valence-electron chi connectivity index (χ0n) is 10.3. The summed E-state index contributed by atoms with van der Waals surface area (Å²) in [5.74, 6) is -1.76. The van der Waals surface area contributed by atoms with Crippen LogP contribution in [0.25, 0.3) is 0 Å². The second-order valence-corrected chi connectivity index (χ2v) is 3.99. The average molecular weight is 243 g/mol. The highest BCUT2D eigenvalue weighted by Gasteiger charge is 2.24. The summed E-state index contributed by atoms with van der Waals surface area (Å²) in [6.45, 7) is 1.34. The number of Topliss-reactive ketones (excluding diaryl/α,β-unsaturated/α-hetero) is 1. The molecule has 1 atom stereocenters. The average Bonchev–Trinajstić information content (AvgIpc) is 2.21. The summed E-state index contributed by atoms with van der Waals surface area (Å²) in [6.07, 6.45) is 0. The zero-order chi connectivity index (χ0) is 13.2. The van der Waals surface area contributed by atoms with Gasteiger partial charge < -0.3 is 4.74 Å². The molecule has 0 heterocycles. The first-order chi connectivity index (χ1) is 7.88. The van der Waals surface area contributed by atoms with Crippen molar-refractivity contribution in [3.05, 3.63) is 29.3 Å². The van der Waals surface area contributed by atoms with Gasteiger partial charge in [-0.05, 0) is 27.1 Å². The number of carbonyl (C=O) groups excluding carboxylic acids is 1. The molecular formula is C12H15F2NO2. The Labute approximate surface area is 99.0 Å². The molecule has 0 aromatic heterocycles. The van der Waals surface area contributed by atoms with Gasteiger partial charge in [0.2, 0.25) is 0 Å². The van der Waals surface area contributed by atoms with E-state index in [0.29, 0.717) is 0 Å². The lowest BCUT2D eigenvalue weighted by Gasteiger charge is -2.22. The van der Waals surface area contributed by atoms with E-state index in [1.165, 1.54) is 18.9 Å². The number of methoxy groups -OCH3 is 1. The highest BCUT2D eigenvalue weighted by molar-refractivity contribution is 5.83. The van der Waals surface area contributed by atoms with E-state index in [9.17, 15) is 13.6 Å². The third-order valence-electron chi connectivity index (χ3n) is 2.47. The molecule has 1 aromatic carbocycles. The van der Waals surface area contributed by atoms with Crippen molar-refractivity contribution in [3.63, 3.8) is 0 Å². The van der Waals surface area contributed by atoms with Crippen molar-refractivity contribution >= 4 is 5.78 Å². The van der Waals surface area contributed by atoms with Crippen molar-refractivity contribution in [1.29, 1.82) is 0 Å². The molecule has 1 unspecified atom stereocenters. The lowest BCUT2D eigenvalue weighted by molar-refractivity contribution is -0.121. The van der Waals surface area contributed by atoms with E-state index in [2.05, 4.69) is 4.74 Å². The molecule has 0 amide bonds. The molecule has 0 aliphatic heterocycles. The predicted octanol–water partition coefficient (Wildman–Crippen LogP) is 2.17. The van der Waals surface area contributed by atoms with Crippen LogP contribution in [0.15, 0.2) is 12.1 Å². The first kappa shape index (κ1) is 13.6. The van der Waals surface area contributed by atoms with E-state index in [1.54, 1.807) is 14.1 Å². The molecule has 0 saturated heterocycles. The van der Waals surface area contributed by atoms with Crippen LogP contribution in [-0.2, 0) is 4.79 Å². The third kappa shape index (κ3) is 2.79. The van der Waals surface area contributed by atoms with E-state index in [0.717, 1.165) is 12.1 Å². The number of ether oxygens (including phenoxy) is 1. The van der Waals surface area contributed by atoms with Crippen molar-refractivity contribution < 1.29 is 18.3 Å². The molecule has 94 valence electrons. The molecule has 0 aliphatic carbocycles. The van der Waals surface area contributed by atoms with Gasteiger partial charge in [0, 0.05) is 11.6 Å². The Hall–Kier alpha value is -1.49. The SMILES string of the molecule is COc1cc(F)c(C(C(C)=O)N(C)C)cc1F. The first-order valence-corrected chi connectivity index (χ1v) is 5.08. The molecule has 0 bridgehead atoms. The highest BCUT2D eigenvalue weighted by atomic mass is 19.1. The fraction of sp³-hybridized carbons (Fsp3) is 0.417. The Kier molecular flexibility index (Phi) is 4.17. The third-order valence-corrected chi connectivity index (χ3v) is 2.47. The molecule has 0 aliphatic rings. The van der Waals surface area contributed by atoms with Gasteiger partial charge in [0.05, 0.1) is 13.2 Å². The van der Waals surface area contributed by atoms with Crippen LogP contribution in [0.2, 0.25) is 0 Å². The Morgan fingerprint density at radius 3 is 2.29 bits per heavy atom. The molecule has 0 N–H and O–H groups in total. The van der Waals surface area contributed by atoms with Crippen molar-refractivity contribution in [2.24, 2.45) is 0 Å². The summed E-state index contributed by atoms with van der Waals surface area (Å²) < 4.78 is 31.9. The molecule has 0 fully saturated rings. The van der Waals surface area contributed by atoms with Gasteiger partial charge in [0.25, 0.3) is 0 Å². The minimum atomic E-state index is -0.796. The monoisotopic (exact) mass is 243 g/mol. The molecule has 5 heteroatoms. The summed E-state index contributed by atoms with van der Waals surface area (Å²) in [4.78, 5) is 13.0. The number of halogens is 2. The largest absolute Gasteiger partial charge is 0.494 e. The summed E-state index contributed by atoms with van der Waals surface area (Å²) in [6, 6.07) is 1.15. The van der Waals surface area contributed by atoms with Gasteiger partial charge in [0.1, 0.15) is 5.82 Å². The first-order valence-electron chi connectivity index (χ1n) is 5.08. The van der Waals surface area contributed by atoms with Gasteiger partial charge in [-0.2, -0.15) is 0 Å². The standard InChI is InChI=1S/C12H15F2NO2/c1-7(16)12(15(2)3)8-5-10(14)11(17-4)6-9(8)13/h5-6,12H,1-4H3. The van der Waals surface area contributed by atoms with Crippen molar-refractivity contribution in [2.45, 2.75) is 13.0 Å². The quantitative estimate of drug-likeness (QED) is 0.811. The minimum Gasteiger partial charge on any atom is -0.494 e. The molecule has 1 aromatic rings. The van der Waals surface area contributed by atoms with Crippen LogP contribution in [0.1, 0.15) is 18.5 Å². The van der Waals surface area contributed by atoms with Gasteiger partial charge in [-0.3, -0.25) is 9.69 Å². The van der Waals surface area contributed by atoms with E-state index < -0.39 is 17.7 Å². The second kappa shape index (κ2) is 5.23. The molecule has 0 saturated carbocycles. The van der Waals surface area contributed by atoms with Crippen LogP contribution < -0.4 is 4.74 Å². The summed E-state index contributed by atoms with van der Waals surface area (Å²) in [5, 5.41) is 0. The van der Waals surface area contributed by atoms with E-state index >= 15 is 0 Å². The maximum atomic E-state index is 13.8. The number of benzene rings is 1. The molecule has 0 spiro atoms. The maximum Gasteiger partial charge on any atom is 0.165 e.